The Morgan fingerprint density at radius 3 is 2.30 bits per heavy atom. The highest BCUT2D eigenvalue weighted by atomic mass is 32.2. The molecule has 0 aromatic heterocycles. The van der Waals surface area contributed by atoms with Crippen LogP contribution in [0.1, 0.15) is 23.1 Å². The molecule has 0 aliphatic rings. The summed E-state index contributed by atoms with van der Waals surface area (Å²) in [5.41, 5.74) is 10.3. The smallest absolute Gasteiger partial charge is 0.261 e. The number of nitrogen functional groups attached to an aromatic ring is 1. The van der Waals surface area contributed by atoms with Crippen molar-refractivity contribution in [2.24, 2.45) is 0 Å². The van der Waals surface area contributed by atoms with Crippen molar-refractivity contribution in [1.82, 2.24) is 0 Å². The predicted molar refractivity (Wildman–Crippen MR) is 121 cm³/mol. The van der Waals surface area contributed by atoms with Gasteiger partial charge in [-0.3, -0.25) is 9.52 Å². The summed E-state index contributed by atoms with van der Waals surface area (Å²) in [7, 11) is -3.66. The Morgan fingerprint density at radius 2 is 1.63 bits per heavy atom. The van der Waals surface area contributed by atoms with E-state index in [4.69, 9.17) is 5.73 Å². The lowest BCUT2D eigenvalue weighted by atomic mass is 10.1. The maximum absolute atomic E-state index is 12.6. The third-order valence-corrected chi connectivity index (χ3v) is 6.25. The minimum Gasteiger partial charge on any atom is -0.397 e. The standard InChI is InChI=1S/C23H25N3O3S/c1-16-7-13-20(15-17(16)2)30(28,29)26-19-11-8-18(9-12-19)10-14-23(27)25-22-6-4-3-5-21(22)24/h3-9,11-13,15,26H,10,14,24H2,1-2H3,(H,25,27). The minimum atomic E-state index is -3.66. The molecule has 30 heavy (non-hydrogen) atoms. The molecule has 0 spiro atoms. The first-order chi connectivity index (χ1) is 14.2. The summed E-state index contributed by atoms with van der Waals surface area (Å²) >= 11 is 0. The van der Waals surface area contributed by atoms with E-state index in [-0.39, 0.29) is 10.8 Å². The van der Waals surface area contributed by atoms with Gasteiger partial charge in [0.15, 0.2) is 0 Å². The Bertz CT molecular complexity index is 1160. The monoisotopic (exact) mass is 423 g/mol. The van der Waals surface area contributed by atoms with Crippen LogP contribution >= 0.6 is 0 Å². The molecule has 1 amide bonds. The maximum Gasteiger partial charge on any atom is 0.261 e. The summed E-state index contributed by atoms with van der Waals surface area (Å²) in [6, 6.07) is 19.1. The van der Waals surface area contributed by atoms with Crippen molar-refractivity contribution >= 4 is 33.0 Å². The van der Waals surface area contributed by atoms with Gasteiger partial charge in [0.2, 0.25) is 5.91 Å². The molecule has 0 atom stereocenters. The molecule has 0 saturated carbocycles. The second-order valence-electron chi connectivity index (χ2n) is 7.18. The van der Waals surface area contributed by atoms with Gasteiger partial charge in [0.1, 0.15) is 0 Å². The van der Waals surface area contributed by atoms with Crippen LogP contribution < -0.4 is 15.8 Å². The largest absolute Gasteiger partial charge is 0.397 e. The van der Waals surface area contributed by atoms with Crippen LogP contribution in [0, 0.1) is 13.8 Å². The number of anilines is 3. The Labute approximate surface area is 177 Å². The van der Waals surface area contributed by atoms with Gasteiger partial charge in [0.25, 0.3) is 10.0 Å². The summed E-state index contributed by atoms with van der Waals surface area (Å²) in [5.74, 6) is -0.132. The molecule has 7 heteroatoms. The van der Waals surface area contributed by atoms with Crippen LogP contribution in [-0.2, 0) is 21.2 Å². The van der Waals surface area contributed by atoms with E-state index in [1.807, 2.05) is 32.0 Å². The number of hydrogen-bond donors (Lipinski definition) is 3. The number of carbonyl (C=O) groups excluding carboxylic acids is 1. The van der Waals surface area contributed by atoms with E-state index >= 15 is 0 Å². The summed E-state index contributed by atoms with van der Waals surface area (Å²) in [6.45, 7) is 3.82. The van der Waals surface area contributed by atoms with Gasteiger partial charge in [-0.05, 0) is 73.4 Å². The van der Waals surface area contributed by atoms with Gasteiger partial charge in [-0.1, -0.05) is 30.3 Å². The molecule has 3 aromatic rings. The molecule has 0 heterocycles. The Kier molecular flexibility index (Phi) is 6.42. The van der Waals surface area contributed by atoms with Crippen molar-refractivity contribution in [3.63, 3.8) is 0 Å². The van der Waals surface area contributed by atoms with Crippen LogP contribution in [0.5, 0.6) is 0 Å². The maximum atomic E-state index is 12.6. The highest BCUT2D eigenvalue weighted by Crippen LogP contribution is 2.20. The van der Waals surface area contributed by atoms with E-state index in [0.29, 0.717) is 29.9 Å². The number of hydrogen-bond acceptors (Lipinski definition) is 4. The number of carbonyl (C=O) groups is 1. The molecular weight excluding hydrogens is 398 g/mol. The fourth-order valence-electron chi connectivity index (χ4n) is 2.92. The number of nitrogens with one attached hydrogen (secondary N) is 2. The average molecular weight is 424 g/mol. The molecule has 0 aliphatic carbocycles. The average Bonchev–Trinajstić information content (AvgIpc) is 2.71. The number of para-hydroxylation sites is 2. The summed E-state index contributed by atoms with van der Waals surface area (Å²) in [5, 5.41) is 2.79. The number of benzene rings is 3. The zero-order valence-electron chi connectivity index (χ0n) is 17.0. The number of sulfonamides is 1. The molecule has 3 aromatic carbocycles. The van der Waals surface area contributed by atoms with Gasteiger partial charge in [-0.15, -0.1) is 0 Å². The third-order valence-electron chi connectivity index (χ3n) is 4.87. The minimum absolute atomic E-state index is 0.132. The molecule has 156 valence electrons. The lowest BCUT2D eigenvalue weighted by molar-refractivity contribution is -0.116. The molecule has 0 aliphatic heterocycles. The molecule has 0 fully saturated rings. The first-order valence-electron chi connectivity index (χ1n) is 9.58. The highest BCUT2D eigenvalue weighted by Gasteiger charge is 2.15. The number of aryl methyl sites for hydroxylation is 3. The molecule has 4 N–H and O–H groups in total. The Balaban J connectivity index is 1.58. The topological polar surface area (TPSA) is 101 Å². The van der Waals surface area contributed by atoms with Crippen LogP contribution in [0.2, 0.25) is 0 Å². The molecule has 3 rings (SSSR count). The van der Waals surface area contributed by atoms with Crippen molar-refractivity contribution in [3.05, 3.63) is 83.4 Å². The summed E-state index contributed by atoms with van der Waals surface area (Å²) < 4.78 is 27.8. The van der Waals surface area contributed by atoms with E-state index in [0.717, 1.165) is 16.7 Å². The second-order valence-corrected chi connectivity index (χ2v) is 8.87. The zero-order valence-corrected chi connectivity index (χ0v) is 17.8. The van der Waals surface area contributed by atoms with E-state index < -0.39 is 10.0 Å². The van der Waals surface area contributed by atoms with Crippen LogP contribution in [0.25, 0.3) is 0 Å². The quantitative estimate of drug-likeness (QED) is 0.494. The van der Waals surface area contributed by atoms with E-state index in [9.17, 15) is 13.2 Å². The summed E-state index contributed by atoms with van der Waals surface area (Å²) in [4.78, 5) is 12.4. The van der Waals surface area contributed by atoms with E-state index in [1.54, 1.807) is 48.5 Å². The molecule has 0 radical (unpaired) electrons. The third kappa shape index (κ3) is 5.39. The van der Waals surface area contributed by atoms with Crippen molar-refractivity contribution < 1.29 is 13.2 Å². The van der Waals surface area contributed by atoms with Gasteiger partial charge in [0, 0.05) is 12.1 Å². The van der Waals surface area contributed by atoms with Crippen molar-refractivity contribution in [1.29, 1.82) is 0 Å². The van der Waals surface area contributed by atoms with Crippen LogP contribution in [0.3, 0.4) is 0 Å². The van der Waals surface area contributed by atoms with Crippen LogP contribution in [-0.4, -0.2) is 14.3 Å². The Hall–Kier alpha value is -3.32. The van der Waals surface area contributed by atoms with Crippen LogP contribution in [0.4, 0.5) is 17.1 Å². The second kappa shape index (κ2) is 9.00. The first kappa shape index (κ1) is 21.4. The molecule has 0 bridgehead atoms. The molecule has 6 nitrogen and oxygen atoms in total. The zero-order chi connectivity index (χ0) is 21.7. The van der Waals surface area contributed by atoms with Gasteiger partial charge < -0.3 is 11.1 Å². The molecule has 0 unspecified atom stereocenters. The normalized spacial score (nSPS) is 11.1. The predicted octanol–water partition coefficient (Wildman–Crippen LogP) is 4.26. The summed E-state index contributed by atoms with van der Waals surface area (Å²) in [6.07, 6.45) is 0.824. The van der Waals surface area contributed by atoms with Gasteiger partial charge in [0.05, 0.1) is 16.3 Å². The van der Waals surface area contributed by atoms with Gasteiger partial charge in [-0.25, -0.2) is 8.42 Å². The fraction of sp³-hybridized carbons (Fsp3) is 0.174. The SMILES string of the molecule is Cc1ccc(S(=O)(=O)Nc2ccc(CCC(=O)Nc3ccccc3N)cc2)cc1C. The van der Waals surface area contributed by atoms with E-state index in [1.165, 1.54) is 0 Å². The van der Waals surface area contributed by atoms with Crippen LogP contribution in [0.15, 0.2) is 71.6 Å². The van der Waals surface area contributed by atoms with Gasteiger partial charge >= 0.3 is 0 Å². The molecular formula is C23H25N3O3S. The number of nitrogens with two attached hydrogens (primary N) is 1. The first-order valence-corrected chi connectivity index (χ1v) is 11.1. The fourth-order valence-corrected chi connectivity index (χ4v) is 4.06. The number of amides is 1. The number of rotatable bonds is 7. The van der Waals surface area contributed by atoms with E-state index in [2.05, 4.69) is 10.0 Å². The highest BCUT2D eigenvalue weighted by molar-refractivity contribution is 7.92. The Morgan fingerprint density at radius 1 is 0.933 bits per heavy atom. The van der Waals surface area contributed by atoms with Crippen molar-refractivity contribution in [2.45, 2.75) is 31.6 Å². The van der Waals surface area contributed by atoms with Crippen molar-refractivity contribution in [2.75, 3.05) is 15.8 Å². The lowest BCUT2D eigenvalue weighted by Crippen LogP contribution is -2.14. The lowest BCUT2D eigenvalue weighted by Gasteiger charge is -2.11. The molecule has 0 saturated heterocycles. The van der Waals surface area contributed by atoms with Gasteiger partial charge in [-0.2, -0.15) is 0 Å². The van der Waals surface area contributed by atoms with Crippen molar-refractivity contribution in [3.8, 4) is 0 Å².